The van der Waals surface area contributed by atoms with Crippen molar-refractivity contribution in [1.29, 1.82) is 0 Å². The predicted octanol–water partition coefficient (Wildman–Crippen LogP) is -0.0218. The van der Waals surface area contributed by atoms with E-state index in [0.717, 1.165) is 0 Å². The maximum absolute atomic E-state index is 5.12. The number of hydrogen-bond acceptors (Lipinski definition) is 4. The number of ether oxygens (including phenoxy) is 4. The fraction of sp³-hybridized carbons (Fsp3) is 1.00. The van der Waals surface area contributed by atoms with Crippen LogP contribution in [0.3, 0.4) is 0 Å². The van der Waals surface area contributed by atoms with Crippen LogP contribution in [-0.4, -0.2) is 40.0 Å². The summed E-state index contributed by atoms with van der Waals surface area (Å²) in [4.78, 5) is 0. The van der Waals surface area contributed by atoms with E-state index in [-0.39, 0.29) is 6.29 Å². The zero-order chi connectivity index (χ0) is 7.40. The molecule has 0 bridgehead atoms. The molecule has 1 aliphatic rings. The minimum absolute atomic E-state index is 0.352. The van der Waals surface area contributed by atoms with Gasteiger partial charge in [-0.1, -0.05) is 0 Å². The maximum atomic E-state index is 5.12. The first kappa shape index (κ1) is 7.94. The van der Waals surface area contributed by atoms with Crippen LogP contribution in [0.1, 0.15) is 0 Å². The van der Waals surface area contributed by atoms with Crippen molar-refractivity contribution in [3.05, 3.63) is 0 Å². The monoisotopic (exact) mass is 148 g/mol. The van der Waals surface area contributed by atoms with Gasteiger partial charge in [-0.2, -0.15) is 0 Å². The normalized spacial score (nSPS) is 20.7. The smallest absolute Gasteiger partial charge is 0.209 e. The Bertz CT molecular complexity index is 85.7. The first-order valence-corrected chi connectivity index (χ1v) is 3.17. The summed E-state index contributed by atoms with van der Waals surface area (Å²) in [5, 5.41) is 0. The van der Waals surface area contributed by atoms with Gasteiger partial charge in [0, 0.05) is 14.2 Å². The summed E-state index contributed by atoms with van der Waals surface area (Å²) in [5.74, 6) is 0. The highest BCUT2D eigenvalue weighted by molar-refractivity contribution is 4.54. The summed E-state index contributed by atoms with van der Waals surface area (Å²) in [6, 6.07) is 0. The van der Waals surface area contributed by atoms with E-state index in [2.05, 4.69) is 0 Å². The van der Waals surface area contributed by atoms with Crippen LogP contribution < -0.4 is 0 Å². The fourth-order valence-electron chi connectivity index (χ4n) is 0.852. The van der Waals surface area contributed by atoms with Gasteiger partial charge in [0.2, 0.25) is 12.6 Å². The molecule has 0 aromatic rings. The highest BCUT2D eigenvalue weighted by Crippen LogP contribution is 2.10. The van der Waals surface area contributed by atoms with E-state index in [1.165, 1.54) is 0 Å². The van der Waals surface area contributed by atoms with Crippen molar-refractivity contribution in [3.63, 3.8) is 0 Å². The number of methoxy groups -OCH3 is 2. The molecule has 0 N–H and O–H groups in total. The lowest BCUT2D eigenvalue weighted by Gasteiger charge is -2.18. The van der Waals surface area contributed by atoms with Gasteiger partial charge in [-0.25, -0.2) is 0 Å². The molecule has 0 aromatic heterocycles. The van der Waals surface area contributed by atoms with E-state index in [4.69, 9.17) is 18.9 Å². The van der Waals surface area contributed by atoms with E-state index in [1.54, 1.807) is 14.2 Å². The van der Waals surface area contributed by atoms with Gasteiger partial charge in [-0.3, -0.25) is 0 Å². The SMILES string of the molecule is COC(OC)C1OCCO1. The van der Waals surface area contributed by atoms with Crippen molar-refractivity contribution >= 4 is 0 Å². The van der Waals surface area contributed by atoms with Crippen LogP contribution in [0.4, 0.5) is 0 Å². The van der Waals surface area contributed by atoms with E-state index in [1.807, 2.05) is 0 Å². The molecule has 1 aliphatic heterocycles. The van der Waals surface area contributed by atoms with Gasteiger partial charge < -0.3 is 18.9 Å². The van der Waals surface area contributed by atoms with Gasteiger partial charge in [0.05, 0.1) is 13.2 Å². The Morgan fingerprint density at radius 2 is 1.70 bits per heavy atom. The Balaban J connectivity index is 2.29. The molecule has 0 spiro atoms. The molecule has 1 rings (SSSR count). The minimum atomic E-state index is -0.400. The second kappa shape index (κ2) is 3.88. The van der Waals surface area contributed by atoms with Crippen molar-refractivity contribution in [1.82, 2.24) is 0 Å². The Morgan fingerprint density at radius 1 is 1.20 bits per heavy atom. The minimum Gasteiger partial charge on any atom is -0.351 e. The second-order valence-electron chi connectivity index (χ2n) is 1.95. The number of rotatable bonds is 3. The van der Waals surface area contributed by atoms with Crippen molar-refractivity contribution in [2.75, 3.05) is 27.4 Å². The van der Waals surface area contributed by atoms with E-state index < -0.39 is 6.29 Å². The lowest BCUT2D eigenvalue weighted by atomic mass is 10.6. The largest absolute Gasteiger partial charge is 0.351 e. The summed E-state index contributed by atoms with van der Waals surface area (Å²) < 4.78 is 20.1. The van der Waals surface area contributed by atoms with Crippen LogP contribution in [0, 0.1) is 0 Å². The van der Waals surface area contributed by atoms with Crippen molar-refractivity contribution < 1.29 is 18.9 Å². The molecule has 0 atom stereocenters. The van der Waals surface area contributed by atoms with E-state index in [0.29, 0.717) is 13.2 Å². The molecule has 1 heterocycles. The van der Waals surface area contributed by atoms with E-state index >= 15 is 0 Å². The lowest BCUT2D eigenvalue weighted by Crippen LogP contribution is -2.30. The van der Waals surface area contributed by atoms with Crippen molar-refractivity contribution in [2.24, 2.45) is 0 Å². The molecule has 1 saturated heterocycles. The summed E-state index contributed by atoms with van der Waals surface area (Å²) in [5.41, 5.74) is 0. The standard InChI is InChI=1S/C6H12O4/c1-7-5(8-2)6-9-3-4-10-6/h5-6H,3-4H2,1-2H3. The summed E-state index contributed by atoms with van der Waals surface area (Å²) in [7, 11) is 3.11. The van der Waals surface area contributed by atoms with Crippen LogP contribution in [0.2, 0.25) is 0 Å². The Labute approximate surface area is 60.0 Å². The highest BCUT2D eigenvalue weighted by atomic mass is 16.8. The third kappa shape index (κ3) is 1.67. The predicted molar refractivity (Wildman–Crippen MR) is 33.5 cm³/mol. The summed E-state index contributed by atoms with van der Waals surface area (Å²) >= 11 is 0. The quantitative estimate of drug-likeness (QED) is 0.527. The molecule has 0 unspecified atom stereocenters. The van der Waals surface area contributed by atoms with Crippen molar-refractivity contribution in [2.45, 2.75) is 12.6 Å². The maximum Gasteiger partial charge on any atom is 0.209 e. The van der Waals surface area contributed by atoms with Gasteiger partial charge in [-0.05, 0) is 0 Å². The molecule has 4 heteroatoms. The van der Waals surface area contributed by atoms with E-state index in [9.17, 15) is 0 Å². The molecule has 4 nitrogen and oxygen atoms in total. The molecule has 0 amide bonds. The average Bonchev–Trinajstić information content (AvgIpc) is 2.43. The third-order valence-electron chi connectivity index (χ3n) is 1.33. The first-order chi connectivity index (χ1) is 4.88. The molecule has 0 radical (unpaired) electrons. The van der Waals surface area contributed by atoms with Crippen molar-refractivity contribution in [3.8, 4) is 0 Å². The molecule has 10 heavy (non-hydrogen) atoms. The number of hydrogen-bond donors (Lipinski definition) is 0. The summed E-state index contributed by atoms with van der Waals surface area (Å²) in [6.07, 6.45) is -0.752. The third-order valence-corrected chi connectivity index (χ3v) is 1.33. The lowest BCUT2D eigenvalue weighted by molar-refractivity contribution is -0.230. The van der Waals surface area contributed by atoms with Crippen LogP contribution in [0.15, 0.2) is 0 Å². The fourth-order valence-corrected chi connectivity index (χ4v) is 0.852. The molecule has 1 fully saturated rings. The second-order valence-corrected chi connectivity index (χ2v) is 1.95. The van der Waals surface area contributed by atoms with Crippen LogP contribution >= 0.6 is 0 Å². The van der Waals surface area contributed by atoms with Crippen LogP contribution in [0.5, 0.6) is 0 Å². The van der Waals surface area contributed by atoms with Gasteiger partial charge >= 0.3 is 0 Å². The molecule has 0 saturated carbocycles. The Hall–Kier alpha value is -0.160. The van der Waals surface area contributed by atoms with Gasteiger partial charge in [0.25, 0.3) is 0 Å². The molecular weight excluding hydrogens is 136 g/mol. The molecule has 0 aliphatic carbocycles. The van der Waals surface area contributed by atoms with Crippen LogP contribution in [-0.2, 0) is 18.9 Å². The molecule has 0 aromatic carbocycles. The zero-order valence-corrected chi connectivity index (χ0v) is 6.20. The highest BCUT2D eigenvalue weighted by Gasteiger charge is 2.26. The van der Waals surface area contributed by atoms with Crippen LogP contribution in [0.25, 0.3) is 0 Å². The van der Waals surface area contributed by atoms with Gasteiger partial charge in [0.15, 0.2) is 0 Å². The summed E-state index contributed by atoms with van der Waals surface area (Å²) in [6.45, 7) is 1.24. The average molecular weight is 148 g/mol. The van der Waals surface area contributed by atoms with Gasteiger partial charge in [0.1, 0.15) is 0 Å². The topological polar surface area (TPSA) is 36.9 Å². The molecular formula is C6H12O4. The Morgan fingerprint density at radius 3 is 2.10 bits per heavy atom. The zero-order valence-electron chi connectivity index (χ0n) is 6.20. The molecule has 60 valence electrons. The first-order valence-electron chi connectivity index (χ1n) is 3.17. The Kier molecular flexibility index (Phi) is 3.08. The van der Waals surface area contributed by atoms with Gasteiger partial charge in [-0.15, -0.1) is 0 Å².